The molecule has 0 N–H and O–H groups in total. The van der Waals surface area contributed by atoms with Gasteiger partial charge in [-0.25, -0.2) is 0 Å². The molecule has 3 fully saturated rings. The predicted octanol–water partition coefficient (Wildman–Crippen LogP) is 2.31. The number of benzene rings is 1. The summed E-state index contributed by atoms with van der Waals surface area (Å²) in [4.78, 5) is 32.1. The first-order valence-electron chi connectivity index (χ1n) is 11.1. The monoisotopic (exact) mass is 399 g/mol. The van der Waals surface area contributed by atoms with E-state index >= 15 is 0 Å². The molecule has 0 unspecified atom stereocenters. The number of nitrogens with zero attached hydrogens (tertiary/aromatic N) is 3. The van der Waals surface area contributed by atoms with Crippen LogP contribution in [0.3, 0.4) is 0 Å². The largest absolute Gasteiger partial charge is 0.381 e. The number of carbonyl (C=O) groups is 2. The number of amides is 2. The standard InChI is InChI=1S/C23H33N3O3/c1-18-3-2-4-21(17-18)24-11-13-26(14-12-24)22(27)19-5-9-25(10-6-19)23(28)20-7-15-29-16-8-20/h2-4,17,19-20H,5-16H2,1H3. The molecule has 3 aliphatic rings. The van der Waals surface area contributed by atoms with Crippen LogP contribution in [0, 0.1) is 18.8 Å². The maximum atomic E-state index is 13.0. The molecule has 6 nitrogen and oxygen atoms in total. The molecule has 29 heavy (non-hydrogen) atoms. The molecule has 3 saturated heterocycles. The Hall–Kier alpha value is -2.08. The SMILES string of the molecule is Cc1cccc(N2CCN(C(=O)C3CCN(C(=O)C4CCOCC4)CC3)CC2)c1. The summed E-state index contributed by atoms with van der Waals surface area (Å²) in [6, 6.07) is 8.57. The maximum absolute atomic E-state index is 13.0. The topological polar surface area (TPSA) is 53.1 Å². The van der Waals surface area contributed by atoms with E-state index in [4.69, 9.17) is 4.74 Å². The van der Waals surface area contributed by atoms with E-state index in [1.165, 1.54) is 11.3 Å². The van der Waals surface area contributed by atoms with Crippen molar-refractivity contribution >= 4 is 17.5 Å². The van der Waals surface area contributed by atoms with Gasteiger partial charge in [0, 0.05) is 70.0 Å². The number of ether oxygens (including phenoxy) is 1. The van der Waals surface area contributed by atoms with Crippen molar-refractivity contribution in [2.24, 2.45) is 11.8 Å². The number of likely N-dealkylation sites (tertiary alicyclic amines) is 1. The van der Waals surface area contributed by atoms with Gasteiger partial charge in [-0.2, -0.15) is 0 Å². The second-order valence-electron chi connectivity index (χ2n) is 8.64. The van der Waals surface area contributed by atoms with Gasteiger partial charge in [0.15, 0.2) is 0 Å². The van der Waals surface area contributed by atoms with E-state index in [2.05, 4.69) is 36.1 Å². The second kappa shape index (κ2) is 9.16. The summed E-state index contributed by atoms with van der Waals surface area (Å²) in [6.45, 7) is 8.28. The third-order valence-corrected chi connectivity index (χ3v) is 6.68. The van der Waals surface area contributed by atoms with Crippen LogP contribution in [0.5, 0.6) is 0 Å². The Labute approximate surface area is 173 Å². The highest BCUT2D eigenvalue weighted by Crippen LogP contribution is 2.25. The van der Waals surface area contributed by atoms with Gasteiger partial charge in [-0.3, -0.25) is 9.59 Å². The highest BCUT2D eigenvalue weighted by molar-refractivity contribution is 5.81. The third-order valence-electron chi connectivity index (χ3n) is 6.68. The molecule has 0 bridgehead atoms. The predicted molar refractivity (Wildman–Crippen MR) is 113 cm³/mol. The Morgan fingerprint density at radius 1 is 0.828 bits per heavy atom. The van der Waals surface area contributed by atoms with Gasteiger partial charge in [-0.15, -0.1) is 0 Å². The van der Waals surface area contributed by atoms with Crippen molar-refractivity contribution in [3.63, 3.8) is 0 Å². The van der Waals surface area contributed by atoms with E-state index in [-0.39, 0.29) is 23.7 Å². The Balaban J connectivity index is 1.24. The summed E-state index contributed by atoms with van der Waals surface area (Å²) in [5.41, 5.74) is 2.51. The normalized spacial score (nSPS) is 22.0. The zero-order valence-electron chi connectivity index (χ0n) is 17.5. The molecule has 0 aliphatic carbocycles. The van der Waals surface area contributed by atoms with Crippen molar-refractivity contribution in [1.29, 1.82) is 0 Å². The fourth-order valence-electron chi connectivity index (χ4n) is 4.82. The molecule has 0 aromatic heterocycles. The molecule has 0 saturated carbocycles. The van der Waals surface area contributed by atoms with Crippen LogP contribution in [0.15, 0.2) is 24.3 Å². The van der Waals surface area contributed by atoms with E-state index in [0.717, 1.165) is 65.0 Å². The quantitative estimate of drug-likeness (QED) is 0.783. The van der Waals surface area contributed by atoms with E-state index in [1.807, 2.05) is 9.80 Å². The van der Waals surface area contributed by atoms with Crippen molar-refractivity contribution in [3.8, 4) is 0 Å². The number of anilines is 1. The van der Waals surface area contributed by atoms with Gasteiger partial charge in [0.2, 0.25) is 11.8 Å². The summed E-state index contributed by atoms with van der Waals surface area (Å²) in [7, 11) is 0. The van der Waals surface area contributed by atoms with Gasteiger partial charge >= 0.3 is 0 Å². The van der Waals surface area contributed by atoms with Crippen molar-refractivity contribution in [2.75, 3.05) is 57.4 Å². The zero-order valence-corrected chi connectivity index (χ0v) is 17.5. The van der Waals surface area contributed by atoms with Crippen LogP contribution in [-0.2, 0) is 14.3 Å². The number of hydrogen-bond acceptors (Lipinski definition) is 4. The fourth-order valence-corrected chi connectivity index (χ4v) is 4.82. The first-order valence-corrected chi connectivity index (χ1v) is 11.1. The van der Waals surface area contributed by atoms with Crippen molar-refractivity contribution in [3.05, 3.63) is 29.8 Å². The summed E-state index contributed by atoms with van der Waals surface area (Å²) in [5.74, 6) is 0.739. The van der Waals surface area contributed by atoms with E-state index < -0.39 is 0 Å². The number of rotatable bonds is 3. The first kappa shape index (κ1) is 20.2. The lowest BCUT2D eigenvalue weighted by molar-refractivity contribution is -0.144. The summed E-state index contributed by atoms with van der Waals surface area (Å²) < 4.78 is 5.37. The molecular formula is C23H33N3O3. The summed E-state index contributed by atoms with van der Waals surface area (Å²) >= 11 is 0. The number of aryl methyl sites for hydroxylation is 1. The summed E-state index contributed by atoms with van der Waals surface area (Å²) in [5, 5.41) is 0. The van der Waals surface area contributed by atoms with Crippen LogP contribution in [0.4, 0.5) is 5.69 Å². The molecule has 4 rings (SSSR count). The van der Waals surface area contributed by atoms with E-state index in [9.17, 15) is 9.59 Å². The Kier molecular flexibility index (Phi) is 6.38. The molecule has 158 valence electrons. The highest BCUT2D eigenvalue weighted by atomic mass is 16.5. The second-order valence-corrected chi connectivity index (χ2v) is 8.64. The molecule has 3 aliphatic heterocycles. The minimum Gasteiger partial charge on any atom is -0.381 e. The van der Waals surface area contributed by atoms with Gasteiger partial charge in [0.25, 0.3) is 0 Å². The average molecular weight is 400 g/mol. The van der Waals surface area contributed by atoms with Gasteiger partial charge in [0.1, 0.15) is 0 Å². The van der Waals surface area contributed by atoms with Crippen molar-refractivity contribution < 1.29 is 14.3 Å². The van der Waals surface area contributed by atoms with Crippen LogP contribution in [0.1, 0.15) is 31.2 Å². The maximum Gasteiger partial charge on any atom is 0.225 e. The lowest BCUT2D eigenvalue weighted by Crippen LogP contribution is -2.52. The van der Waals surface area contributed by atoms with Crippen LogP contribution < -0.4 is 4.90 Å². The highest BCUT2D eigenvalue weighted by Gasteiger charge is 2.34. The number of hydrogen-bond donors (Lipinski definition) is 0. The van der Waals surface area contributed by atoms with Gasteiger partial charge in [0.05, 0.1) is 0 Å². The van der Waals surface area contributed by atoms with Crippen LogP contribution in [-0.4, -0.2) is 74.1 Å². The van der Waals surface area contributed by atoms with E-state index in [1.54, 1.807) is 0 Å². The molecule has 6 heteroatoms. The lowest BCUT2D eigenvalue weighted by Gasteiger charge is -2.40. The fraction of sp³-hybridized carbons (Fsp3) is 0.652. The molecule has 0 radical (unpaired) electrons. The number of carbonyl (C=O) groups excluding carboxylic acids is 2. The van der Waals surface area contributed by atoms with Crippen LogP contribution >= 0.6 is 0 Å². The van der Waals surface area contributed by atoms with Crippen molar-refractivity contribution in [2.45, 2.75) is 32.6 Å². The third kappa shape index (κ3) is 4.74. The average Bonchev–Trinajstić information content (AvgIpc) is 2.79. The molecule has 1 aromatic carbocycles. The number of piperidine rings is 1. The van der Waals surface area contributed by atoms with Gasteiger partial charge < -0.3 is 19.4 Å². The van der Waals surface area contributed by atoms with Crippen LogP contribution in [0.25, 0.3) is 0 Å². The summed E-state index contributed by atoms with van der Waals surface area (Å²) in [6.07, 6.45) is 3.27. The van der Waals surface area contributed by atoms with E-state index in [0.29, 0.717) is 13.2 Å². The molecular weight excluding hydrogens is 366 g/mol. The smallest absolute Gasteiger partial charge is 0.225 e. The van der Waals surface area contributed by atoms with Crippen LogP contribution in [0.2, 0.25) is 0 Å². The Morgan fingerprint density at radius 3 is 2.03 bits per heavy atom. The Bertz CT molecular complexity index is 716. The molecule has 3 heterocycles. The van der Waals surface area contributed by atoms with Gasteiger partial charge in [-0.05, 0) is 50.3 Å². The minimum atomic E-state index is 0.0688. The van der Waals surface area contributed by atoms with Gasteiger partial charge in [-0.1, -0.05) is 12.1 Å². The lowest BCUT2D eigenvalue weighted by atomic mass is 9.92. The molecule has 0 spiro atoms. The molecule has 0 atom stereocenters. The minimum absolute atomic E-state index is 0.0688. The first-order chi connectivity index (χ1) is 14.1. The van der Waals surface area contributed by atoms with Crippen molar-refractivity contribution in [1.82, 2.24) is 9.80 Å². The number of piperazine rings is 1. The zero-order chi connectivity index (χ0) is 20.2. The molecule has 2 amide bonds. The Morgan fingerprint density at radius 2 is 1.41 bits per heavy atom. The molecule has 1 aromatic rings.